The Kier molecular flexibility index (Phi) is 8.07. The lowest BCUT2D eigenvalue weighted by Crippen LogP contribution is -2.11. The van der Waals surface area contributed by atoms with E-state index in [1.165, 1.54) is 0 Å². The lowest BCUT2D eigenvalue weighted by Gasteiger charge is -2.13. The van der Waals surface area contributed by atoms with E-state index in [-0.39, 0.29) is 0 Å². The van der Waals surface area contributed by atoms with Gasteiger partial charge in [0.15, 0.2) is 0 Å². The minimum absolute atomic E-state index is 0.544. The van der Waals surface area contributed by atoms with E-state index in [9.17, 15) is 0 Å². The summed E-state index contributed by atoms with van der Waals surface area (Å²) in [5, 5.41) is 0. The lowest BCUT2D eigenvalue weighted by atomic mass is 10.1. The van der Waals surface area contributed by atoms with Crippen molar-refractivity contribution in [2.75, 3.05) is 33.5 Å². The first-order valence-corrected chi connectivity index (χ1v) is 7.25. The second kappa shape index (κ2) is 9.61. The van der Waals surface area contributed by atoms with Gasteiger partial charge in [-0.25, -0.2) is 0 Å². The molecule has 1 rings (SSSR count). The molecule has 0 saturated carbocycles. The summed E-state index contributed by atoms with van der Waals surface area (Å²) in [7, 11) is 1.65. The van der Waals surface area contributed by atoms with Crippen LogP contribution < -0.4 is 15.2 Å². The maximum Gasteiger partial charge on any atom is 0.126 e. The van der Waals surface area contributed by atoms with Gasteiger partial charge in [-0.1, -0.05) is 19.9 Å². The van der Waals surface area contributed by atoms with Crippen LogP contribution in [0.5, 0.6) is 11.5 Å². The van der Waals surface area contributed by atoms with Crippen LogP contribution >= 0.6 is 0 Å². The van der Waals surface area contributed by atoms with Gasteiger partial charge < -0.3 is 19.9 Å². The van der Waals surface area contributed by atoms with Crippen LogP contribution in [0.25, 0.3) is 0 Å². The summed E-state index contributed by atoms with van der Waals surface area (Å²) in [6.07, 6.45) is 1.88. The van der Waals surface area contributed by atoms with Gasteiger partial charge >= 0.3 is 0 Å². The van der Waals surface area contributed by atoms with Crippen molar-refractivity contribution >= 4 is 0 Å². The summed E-state index contributed by atoms with van der Waals surface area (Å²) in [6, 6.07) is 5.83. The van der Waals surface area contributed by atoms with E-state index in [1.54, 1.807) is 7.11 Å². The summed E-state index contributed by atoms with van der Waals surface area (Å²) >= 11 is 0. The fraction of sp³-hybridized carbons (Fsp3) is 0.625. The van der Waals surface area contributed by atoms with E-state index in [0.29, 0.717) is 25.7 Å². The van der Waals surface area contributed by atoms with Crippen molar-refractivity contribution < 1.29 is 14.2 Å². The molecule has 1 aromatic rings. The monoisotopic (exact) mass is 281 g/mol. The van der Waals surface area contributed by atoms with Gasteiger partial charge in [-0.3, -0.25) is 0 Å². The Balaban J connectivity index is 2.40. The van der Waals surface area contributed by atoms with Gasteiger partial charge in [0.1, 0.15) is 18.1 Å². The molecular formula is C16H27NO3. The second-order valence-electron chi connectivity index (χ2n) is 5.16. The quantitative estimate of drug-likeness (QED) is 0.670. The minimum Gasteiger partial charge on any atom is -0.497 e. The fourth-order valence-corrected chi connectivity index (χ4v) is 1.79. The van der Waals surface area contributed by atoms with Crippen molar-refractivity contribution in [1.82, 2.24) is 0 Å². The third-order valence-corrected chi connectivity index (χ3v) is 3.01. The Morgan fingerprint density at radius 3 is 2.60 bits per heavy atom. The molecule has 0 bridgehead atoms. The molecule has 0 spiro atoms. The van der Waals surface area contributed by atoms with E-state index in [1.807, 2.05) is 18.2 Å². The average molecular weight is 281 g/mol. The molecular weight excluding hydrogens is 254 g/mol. The summed E-state index contributed by atoms with van der Waals surface area (Å²) in [5.74, 6) is 2.30. The molecule has 2 N–H and O–H groups in total. The first kappa shape index (κ1) is 16.8. The molecule has 0 saturated heterocycles. The highest BCUT2D eigenvalue weighted by molar-refractivity contribution is 5.40. The SMILES string of the molecule is COc1ccc(CCN)c(OCCOCCC(C)C)c1. The van der Waals surface area contributed by atoms with Gasteiger partial charge in [0, 0.05) is 12.7 Å². The molecule has 114 valence electrons. The first-order chi connectivity index (χ1) is 9.67. The van der Waals surface area contributed by atoms with Crippen molar-refractivity contribution in [1.29, 1.82) is 0 Å². The highest BCUT2D eigenvalue weighted by Gasteiger charge is 2.05. The average Bonchev–Trinajstić information content (AvgIpc) is 2.44. The number of nitrogens with two attached hydrogens (primary N) is 1. The zero-order chi connectivity index (χ0) is 14.8. The highest BCUT2D eigenvalue weighted by atomic mass is 16.5. The van der Waals surface area contributed by atoms with E-state index in [4.69, 9.17) is 19.9 Å². The predicted molar refractivity (Wildman–Crippen MR) is 81.5 cm³/mol. The molecule has 0 aliphatic rings. The largest absolute Gasteiger partial charge is 0.497 e. The van der Waals surface area contributed by atoms with Crippen molar-refractivity contribution in [3.8, 4) is 11.5 Å². The molecule has 4 nitrogen and oxygen atoms in total. The van der Waals surface area contributed by atoms with E-state index >= 15 is 0 Å². The van der Waals surface area contributed by atoms with Gasteiger partial charge in [0.2, 0.25) is 0 Å². The van der Waals surface area contributed by atoms with Crippen LogP contribution in [0.2, 0.25) is 0 Å². The zero-order valence-electron chi connectivity index (χ0n) is 12.9. The Labute approximate surface area is 122 Å². The molecule has 0 aromatic heterocycles. The van der Waals surface area contributed by atoms with Crippen molar-refractivity contribution in [3.05, 3.63) is 23.8 Å². The molecule has 0 amide bonds. The number of rotatable bonds is 10. The lowest BCUT2D eigenvalue weighted by molar-refractivity contribution is 0.0922. The number of hydrogen-bond donors (Lipinski definition) is 1. The maximum atomic E-state index is 5.78. The number of ether oxygens (including phenoxy) is 3. The molecule has 0 aliphatic carbocycles. The molecule has 0 atom stereocenters. The summed E-state index contributed by atoms with van der Waals surface area (Å²) in [5.41, 5.74) is 6.72. The number of benzene rings is 1. The second-order valence-corrected chi connectivity index (χ2v) is 5.16. The topological polar surface area (TPSA) is 53.7 Å². The van der Waals surface area contributed by atoms with E-state index in [0.717, 1.165) is 36.5 Å². The van der Waals surface area contributed by atoms with Crippen LogP contribution in [0.3, 0.4) is 0 Å². The zero-order valence-corrected chi connectivity index (χ0v) is 12.9. The van der Waals surface area contributed by atoms with Crippen molar-refractivity contribution in [2.24, 2.45) is 11.7 Å². The van der Waals surface area contributed by atoms with Gasteiger partial charge in [0.25, 0.3) is 0 Å². The molecule has 4 heteroatoms. The van der Waals surface area contributed by atoms with Crippen LogP contribution in [-0.2, 0) is 11.2 Å². The molecule has 0 unspecified atom stereocenters. The number of methoxy groups -OCH3 is 1. The third-order valence-electron chi connectivity index (χ3n) is 3.01. The summed E-state index contributed by atoms with van der Waals surface area (Å²) in [6.45, 7) is 6.92. The van der Waals surface area contributed by atoms with Gasteiger partial charge in [0.05, 0.1) is 13.7 Å². The van der Waals surface area contributed by atoms with Crippen molar-refractivity contribution in [3.63, 3.8) is 0 Å². The maximum absolute atomic E-state index is 5.78. The van der Waals surface area contributed by atoms with Gasteiger partial charge in [-0.15, -0.1) is 0 Å². The van der Waals surface area contributed by atoms with Gasteiger partial charge in [-0.2, -0.15) is 0 Å². The van der Waals surface area contributed by atoms with Gasteiger partial charge in [-0.05, 0) is 36.9 Å². The van der Waals surface area contributed by atoms with Crippen LogP contribution in [0.15, 0.2) is 18.2 Å². The summed E-state index contributed by atoms with van der Waals surface area (Å²) in [4.78, 5) is 0. The Morgan fingerprint density at radius 1 is 1.15 bits per heavy atom. The molecule has 0 radical (unpaired) electrons. The minimum atomic E-state index is 0.544. The fourth-order valence-electron chi connectivity index (χ4n) is 1.79. The van der Waals surface area contributed by atoms with Crippen LogP contribution in [-0.4, -0.2) is 33.5 Å². The van der Waals surface area contributed by atoms with E-state index in [2.05, 4.69) is 13.8 Å². The highest BCUT2D eigenvalue weighted by Crippen LogP contribution is 2.25. The Morgan fingerprint density at radius 2 is 1.95 bits per heavy atom. The Hall–Kier alpha value is -1.26. The normalized spacial score (nSPS) is 10.8. The molecule has 0 aliphatic heterocycles. The molecule has 0 fully saturated rings. The number of hydrogen-bond acceptors (Lipinski definition) is 4. The first-order valence-electron chi connectivity index (χ1n) is 7.25. The smallest absolute Gasteiger partial charge is 0.126 e. The predicted octanol–water partition coefficient (Wildman–Crippen LogP) is 2.64. The van der Waals surface area contributed by atoms with Crippen molar-refractivity contribution in [2.45, 2.75) is 26.7 Å². The molecule has 0 heterocycles. The molecule has 20 heavy (non-hydrogen) atoms. The third kappa shape index (κ3) is 6.26. The molecule has 1 aromatic carbocycles. The van der Waals surface area contributed by atoms with E-state index < -0.39 is 0 Å². The van der Waals surface area contributed by atoms with Crippen LogP contribution in [0, 0.1) is 5.92 Å². The Bertz CT molecular complexity index is 380. The standard InChI is InChI=1S/C16H27NO3/c1-13(2)7-9-19-10-11-20-16-12-15(18-3)5-4-14(16)6-8-17/h4-5,12-13H,6-11,17H2,1-3H3. The van der Waals surface area contributed by atoms with Crippen LogP contribution in [0.4, 0.5) is 0 Å². The summed E-state index contributed by atoms with van der Waals surface area (Å²) < 4.78 is 16.5. The van der Waals surface area contributed by atoms with Crippen LogP contribution in [0.1, 0.15) is 25.8 Å².